The number of aromatic nitrogens is 2. The van der Waals surface area contributed by atoms with Gasteiger partial charge < -0.3 is 9.26 Å². The monoisotopic (exact) mass is 411 g/mol. The van der Waals surface area contributed by atoms with Crippen LogP contribution in [0.25, 0.3) is 0 Å². The van der Waals surface area contributed by atoms with E-state index in [1.165, 1.54) is 4.31 Å². The van der Waals surface area contributed by atoms with E-state index < -0.39 is 10.0 Å². The predicted molar refractivity (Wildman–Crippen MR) is 99.2 cm³/mol. The van der Waals surface area contributed by atoms with Crippen molar-refractivity contribution in [3.63, 3.8) is 0 Å². The summed E-state index contributed by atoms with van der Waals surface area (Å²) in [5.74, 6) is 1.87. The number of hydrogen-bond donors (Lipinski definition) is 0. The van der Waals surface area contributed by atoms with Gasteiger partial charge in [-0.2, -0.15) is 9.29 Å². The standard InChI is InChI=1S/C18H22ClN3O4S/c19-15-3-1-2-4-16(15)27(23,24)22-10-7-14(8-11-22)25-12-9-17-20-18(26-21-17)13-5-6-13/h1-4,13-14H,5-12H2. The first kappa shape index (κ1) is 18.9. The number of ether oxygens (including phenoxy) is 1. The maximum absolute atomic E-state index is 12.7. The van der Waals surface area contributed by atoms with Crippen LogP contribution in [0.1, 0.15) is 43.3 Å². The molecule has 0 bridgehead atoms. The fraction of sp³-hybridized carbons (Fsp3) is 0.556. The lowest BCUT2D eigenvalue weighted by molar-refractivity contribution is 0.0222. The lowest BCUT2D eigenvalue weighted by Crippen LogP contribution is -2.41. The Morgan fingerprint density at radius 3 is 2.63 bits per heavy atom. The Morgan fingerprint density at radius 2 is 1.93 bits per heavy atom. The van der Waals surface area contributed by atoms with E-state index in [1.807, 2.05) is 0 Å². The van der Waals surface area contributed by atoms with Crippen LogP contribution in [0.2, 0.25) is 5.02 Å². The number of sulfonamides is 1. The molecule has 0 atom stereocenters. The van der Waals surface area contributed by atoms with E-state index in [-0.39, 0.29) is 16.0 Å². The van der Waals surface area contributed by atoms with Gasteiger partial charge in [-0.3, -0.25) is 0 Å². The second-order valence-corrected chi connectivity index (χ2v) is 9.29. The Labute approximate surface area is 163 Å². The Morgan fingerprint density at radius 1 is 1.19 bits per heavy atom. The zero-order valence-electron chi connectivity index (χ0n) is 14.9. The van der Waals surface area contributed by atoms with Crippen LogP contribution in [0.4, 0.5) is 0 Å². The van der Waals surface area contributed by atoms with Crippen LogP contribution in [-0.4, -0.2) is 48.7 Å². The van der Waals surface area contributed by atoms with Gasteiger partial charge >= 0.3 is 0 Å². The summed E-state index contributed by atoms with van der Waals surface area (Å²) in [6.45, 7) is 1.35. The number of hydrogen-bond acceptors (Lipinski definition) is 6. The van der Waals surface area contributed by atoms with E-state index in [1.54, 1.807) is 24.3 Å². The van der Waals surface area contributed by atoms with Crippen molar-refractivity contribution in [2.75, 3.05) is 19.7 Å². The fourth-order valence-electron chi connectivity index (χ4n) is 3.21. The summed E-state index contributed by atoms with van der Waals surface area (Å²) >= 11 is 6.06. The van der Waals surface area contributed by atoms with Crippen LogP contribution < -0.4 is 0 Å². The number of benzene rings is 1. The molecule has 0 amide bonds. The lowest BCUT2D eigenvalue weighted by Gasteiger charge is -2.31. The van der Waals surface area contributed by atoms with Crippen LogP contribution >= 0.6 is 11.6 Å². The van der Waals surface area contributed by atoms with Crippen molar-refractivity contribution >= 4 is 21.6 Å². The first-order valence-electron chi connectivity index (χ1n) is 9.23. The second kappa shape index (κ2) is 7.87. The SMILES string of the molecule is O=S(=O)(c1ccccc1Cl)N1CCC(OCCc2noc(C3CC3)n2)CC1. The highest BCUT2D eigenvalue weighted by Gasteiger charge is 2.31. The molecule has 1 aliphatic carbocycles. The Bertz CT molecular complexity index is 890. The Hall–Kier alpha value is -1.48. The molecule has 146 valence electrons. The molecule has 9 heteroatoms. The molecule has 0 spiro atoms. The van der Waals surface area contributed by atoms with Gasteiger partial charge in [-0.15, -0.1) is 0 Å². The van der Waals surface area contributed by atoms with Gasteiger partial charge in [-0.05, 0) is 37.8 Å². The van der Waals surface area contributed by atoms with E-state index in [0.29, 0.717) is 50.7 Å². The third-order valence-corrected chi connectivity index (χ3v) is 7.34. The highest BCUT2D eigenvalue weighted by molar-refractivity contribution is 7.89. The molecule has 4 rings (SSSR count). The number of halogens is 1. The number of piperidine rings is 1. The quantitative estimate of drug-likeness (QED) is 0.696. The number of nitrogens with zero attached hydrogens (tertiary/aromatic N) is 3. The zero-order valence-corrected chi connectivity index (χ0v) is 16.5. The van der Waals surface area contributed by atoms with Crippen LogP contribution in [0, 0.1) is 0 Å². The minimum absolute atomic E-state index is 0.0394. The Balaban J connectivity index is 1.25. The molecule has 2 aliphatic rings. The molecule has 1 aromatic heterocycles. The molecule has 7 nitrogen and oxygen atoms in total. The van der Waals surface area contributed by atoms with Gasteiger partial charge in [0.15, 0.2) is 5.82 Å². The number of rotatable bonds is 7. The second-order valence-electron chi connectivity index (χ2n) is 6.98. The van der Waals surface area contributed by atoms with Gasteiger partial charge in [0.1, 0.15) is 4.90 Å². The molecular formula is C18H22ClN3O4S. The van der Waals surface area contributed by atoms with Gasteiger partial charge in [0.25, 0.3) is 0 Å². The third kappa shape index (κ3) is 4.34. The highest BCUT2D eigenvalue weighted by atomic mass is 35.5. The molecular weight excluding hydrogens is 390 g/mol. The molecule has 0 N–H and O–H groups in total. The van der Waals surface area contributed by atoms with E-state index in [0.717, 1.165) is 18.7 Å². The summed E-state index contributed by atoms with van der Waals surface area (Å²) in [6.07, 6.45) is 4.22. The van der Waals surface area contributed by atoms with Gasteiger partial charge in [-0.1, -0.05) is 28.9 Å². The molecule has 2 fully saturated rings. The maximum Gasteiger partial charge on any atom is 0.244 e. The highest BCUT2D eigenvalue weighted by Crippen LogP contribution is 2.38. The third-order valence-electron chi connectivity index (χ3n) is 4.95. The topological polar surface area (TPSA) is 85.5 Å². The van der Waals surface area contributed by atoms with Gasteiger partial charge in [0, 0.05) is 25.4 Å². The average Bonchev–Trinajstić information content (AvgIpc) is 3.41. The van der Waals surface area contributed by atoms with Crippen LogP contribution in [-0.2, 0) is 21.2 Å². The Kier molecular flexibility index (Phi) is 5.50. The molecule has 1 saturated carbocycles. The largest absolute Gasteiger partial charge is 0.378 e. The van der Waals surface area contributed by atoms with Crippen LogP contribution in [0.3, 0.4) is 0 Å². The van der Waals surface area contributed by atoms with Crippen molar-refractivity contribution in [3.05, 3.63) is 41.0 Å². The summed E-state index contributed by atoms with van der Waals surface area (Å²) in [5.41, 5.74) is 0. The predicted octanol–water partition coefficient (Wildman–Crippen LogP) is 3.01. The smallest absolute Gasteiger partial charge is 0.244 e. The first-order valence-corrected chi connectivity index (χ1v) is 11.0. The van der Waals surface area contributed by atoms with E-state index in [4.69, 9.17) is 20.9 Å². The molecule has 2 aromatic rings. The van der Waals surface area contributed by atoms with Gasteiger partial charge in [0.05, 0.1) is 17.7 Å². The summed E-state index contributed by atoms with van der Waals surface area (Å²) < 4.78 is 38.1. The molecule has 0 unspecified atom stereocenters. The van der Waals surface area contributed by atoms with Crippen molar-refractivity contribution in [1.82, 2.24) is 14.4 Å². The fourth-order valence-corrected chi connectivity index (χ4v) is 5.18. The summed E-state index contributed by atoms with van der Waals surface area (Å²) in [4.78, 5) is 4.54. The molecule has 27 heavy (non-hydrogen) atoms. The molecule has 2 heterocycles. The normalized spacial score (nSPS) is 19.4. The van der Waals surface area contributed by atoms with E-state index in [9.17, 15) is 8.42 Å². The van der Waals surface area contributed by atoms with Gasteiger partial charge in [-0.25, -0.2) is 8.42 Å². The minimum Gasteiger partial charge on any atom is -0.378 e. The van der Waals surface area contributed by atoms with Crippen molar-refractivity contribution in [2.45, 2.75) is 49.0 Å². The van der Waals surface area contributed by atoms with E-state index in [2.05, 4.69) is 10.1 Å². The maximum atomic E-state index is 12.7. The molecule has 0 radical (unpaired) electrons. The van der Waals surface area contributed by atoms with Crippen molar-refractivity contribution in [2.24, 2.45) is 0 Å². The average molecular weight is 412 g/mol. The first-order chi connectivity index (χ1) is 13.0. The van der Waals surface area contributed by atoms with Crippen molar-refractivity contribution in [1.29, 1.82) is 0 Å². The van der Waals surface area contributed by atoms with Gasteiger partial charge in [0.2, 0.25) is 15.9 Å². The minimum atomic E-state index is -3.57. The summed E-state index contributed by atoms with van der Waals surface area (Å²) in [6, 6.07) is 6.54. The zero-order chi connectivity index (χ0) is 18.9. The lowest BCUT2D eigenvalue weighted by atomic mass is 10.1. The van der Waals surface area contributed by atoms with Crippen LogP contribution in [0.15, 0.2) is 33.7 Å². The molecule has 1 aliphatic heterocycles. The molecule has 1 saturated heterocycles. The molecule has 1 aromatic carbocycles. The summed E-state index contributed by atoms with van der Waals surface area (Å²) in [7, 11) is -3.57. The van der Waals surface area contributed by atoms with Crippen LogP contribution in [0.5, 0.6) is 0 Å². The van der Waals surface area contributed by atoms with Crippen molar-refractivity contribution in [3.8, 4) is 0 Å². The van der Waals surface area contributed by atoms with Crippen molar-refractivity contribution < 1.29 is 17.7 Å². The van der Waals surface area contributed by atoms with E-state index >= 15 is 0 Å². The summed E-state index contributed by atoms with van der Waals surface area (Å²) in [5, 5.41) is 4.23.